The number of allylic oxidation sites excluding steroid dienone is 1. The molecule has 9 heavy (non-hydrogen) atoms. The van der Waals surface area contributed by atoms with Crippen molar-refractivity contribution >= 4 is 6.21 Å². The minimum atomic E-state index is -0.0803. The van der Waals surface area contributed by atoms with Gasteiger partial charge in [0.2, 0.25) is 0 Å². The lowest BCUT2D eigenvalue weighted by atomic mass is 10.2. The molecule has 0 radical (unpaired) electrons. The zero-order valence-corrected chi connectivity index (χ0v) is 5.04. The Morgan fingerprint density at radius 2 is 2.33 bits per heavy atom. The van der Waals surface area contributed by atoms with Crippen LogP contribution in [0.4, 0.5) is 0 Å². The molecule has 50 valence electrons. The third-order valence-electron chi connectivity index (χ3n) is 0.790. The Hall–Kier alpha value is -1.09. The van der Waals surface area contributed by atoms with E-state index in [1.165, 1.54) is 12.3 Å². The van der Waals surface area contributed by atoms with E-state index in [1.807, 2.05) is 0 Å². The Morgan fingerprint density at radius 3 is 2.67 bits per heavy atom. The standard InChI is InChI=1S/C6H10N2O/c7-3-1-6(5-9)2-4-8/h1-4,7,9H,5,8H2/b4-2+,6-1+,7-3?. The highest BCUT2D eigenvalue weighted by Crippen LogP contribution is 1.90. The zero-order valence-electron chi connectivity index (χ0n) is 5.04. The van der Waals surface area contributed by atoms with Crippen LogP contribution in [0, 0.1) is 5.41 Å². The van der Waals surface area contributed by atoms with E-state index in [2.05, 4.69) is 0 Å². The van der Waals surface area contributed by atoms with Crippen LogP contribution in [0.15, 0.2) is 23.9 Å². The Kier molecular flexibility index (Phi) is 4.44. The van der Waals surface area contributed by atoms with Crippen LogP contribution in [0.25, 0.3) is 0 Å². The van der Waals surface area contributed by atoms with Gasteiger partial charge in [-0.1, -0.05) is 0 Å². The van der Waals surface area contributed by atoms with E-state index < -0.39 is 0 Å². The molecule has 0 spiro atoms. The highest BCUT2D eigenvalue weighted by molar-refractivity contribution is 5.69. The van der Waals surface area contributed by atoms with Gasteiger partial charge in [-0.3, -0.25) is 0 Å². The van der Waals surface area contributed by atoms with Gasteiger partial charge in [-0.25, -0.2) is 0 Å². The van der Waals surface area contributed by atoms with E-state index >= 15 is 0 Å². The summed E-state index contributed by atoms with van der Waals surface area (Å²) < 4.78 is 0. The molecule has 0 aliphatic rings. The van der Waals surface area contributed by atoms with Gasteiger partial charge in [-0.2, -0.15) is 0 Å². The highest BCUT2D eigenvalue weighted by atomic mass is 16.3. The first-order valence-electron chi connectivity index (χ1n) is 2.54. The number of rotatable bonds is 3. The number of nitrogens with two attached hydrogens (primary N) is 1. The quantitative estimate of drug-likeness (QED) is 0.368. The summed E-state index contributed by atoms with van der Waals surface area (Å²) in [5.41, 5.74) is 5.66. The van der Waals surface area contributed by atoms with Crippen LogP contribution >= 0.6 is 0 Å². The minimum Gasteiger partial charge on any atom is -0.405 e. The summed E-state index contributed by atoms with van der Waals surface area (Å²) in [7, 11) is 0. The third-order valence-corrected chi connectivity index (χ3v) is 0.790. The third kappa shape index (κ3) is 3.49. The van der Waals surface area contributed by atoms with Crippen LogP contribution in [-0.2, 0) is 0 Å². The van der Waals surface area contributed by atoms with Crippen molar-refractivity contribution in [2.45, 2.75) is 0 Å². The molecule has 3 heteroatoms. The van der Waals surface area contributed by atoms with Crippen LogP contribution in [0.5, 0.6) is 0 Å². The highest BCUT2D eigenvalue weighted by Gasteiger charge is 1.83. The fourth-order valence-corrected chi connectivity index (χ4v) is 0.392. The van der Waals surface area contributed by atoms with E-state index in [9.17, 15) is 0 Å². The van der Waals surface area contributed by atoms with Crippen LogP contribution in [-0.4, -0.2) is 17.9 Å². The number of hydrogen-bond donors (Lipinski definition) is 3. The smallest absolute Gasteiger partial charge is 0.0682 e. The molecule has 0 fully saturated rings. The molecule has 0 aliphatic carbocycles. The maximum absolute atomic E-state index is 8.51. The first-order valence-corrected chi connectivity index (χ1v) is 2.54. The number of aliphatic hydroxyl groups is 1. The summed E-state index contributed by atoms with van der Waals surface area (Å²) in [5, 5.41) is 15.1. The molecule has 0 saturated carbocycles. The lowest BCUT2D eigenvalue weighted by molar-refractivity contribution is 0.335. The summed E-state index contributed by atoms with van der Waals surface area (Å²) in [5.74, 6) is 0. The SMILES string of the molecule is N=C/C=C(\C=C\N)CO. The van der Waals surface area contributed by atoms with Gasteiger partial charge in [0.15, 0.2) is 0 Å². The monoisotopic (exact) mass is 126 g/mol. The minimum absolute atomic E-state index is 0.0803. The number of hydrogen-bond acceptors (Lipinski definition) is 3. The van der Waals surface area contributed by atoms with Gasteiger partial charge in [0, 0.05) is 6.21 Å². The molecule has 4 N–H and O–H groups in total. The van der Waals surface area contributed by atoms with E-state index in [1.54, 1.807) is 6.08 Å². The molecule has 0 aliphatic heterocycles. The second kappa shape index (κ2) is 5.05. The Balaban J connectivity index is 3.96. The Bertz CT molecular complexity index is 138. The Labute approximate surface area is 54.0 Å². The van der Waals surface area contributed by atoms with Crippen molar-refractivity contribution in [3.05, 3.63) is 23.9 Å². The van der Waals surface area contributed by atoms with Gasteiger partial charge in [-0.05, 0) is 23.9 Å². The lowest BCUT2D eigenvalue weighted by Crippen LogP contribution is -1.88. The van der Waals surface area contributed by atoms with Crippen molar-refractivity contribution in [3.63, 3.8) is 0 Å². The van der Waals surface area contributed by atoms with E-state index in [0.717, 1.165) is 6.21 Å². The van der Waals surface area contributed by atoms with Crippen LogP contribution in [0.1, 0.15) is 0 Å². The first-order chi connectivity index (χ1) is 4.35. The molecule has 0 aromatic heterocycles. The molecule has 0 aromatic carbocycles. The molecule has 0 atom stereocenters. The summed E-state index contributed by atoms with van der Waals surface area (Å²) in [6.45, 7) is -0.0803. The fourth-order valence-electron chi connectivity index (χ4n) is 0.392. The number of aliphatic hydroxyl groups excluding tert-OH is 1. The van der Waals surface area contributed by atoms with Crippen molar-refractivity contribution in [2.75, 3.05) is 6.61 Å². The fraction of sp³-hybridized carbons (Fsp3) is 0.167. The average molecular weight is 126 g/mol. The maximum atomic E-state index is 8.51. The topological polar surface area (TPSA) is 70.1 Å². The predicted octanol–water partition coefficient (Wildman–Crippen LogP) is 0.0271. The molecule has 3 nitrogen and oxygen atoms in total. The van der Waals surface area contributed by atoms with E-state index in [-0.39, 0.29) is 6.61 Å². The first kappa shape index (κ1) is 7.91. The predicted molar refractivity (Wildman–Crippen MR) is 37.3 cm³/mol. The maximum Gasteiger partial charge on any atom is 0.0682 e. The zero-order chi connectivity index (χ0) is 7.11. The summed E-state index contributed by atoms with van der Waals surface area (Å²) in [6.07, 6.45) is 5.45. The van der Waals surface area contributed by atoms with E-state index in [4.69, 9.17) is 16.2 Å². The summed E-state index contributed by atoms with van der Waals surface area (Å²) in [6, 6.07) is 0. The van der Waals surface area contributed by atoms with Gasteiger partial charge in [0.05, 0.1) is 6.61 Å². The molecule has 0 unspecified atom stereocenters. The van der Waals surface area contributed by atoms with Gasteiger partial charge in [-0.15, -0.1) is 0 Å². The Morgan fingerprint density at radius 1 is 1.67 bits per heavy atom. The molecular weight excluding hydrogens is 116 g/mol. The summed E-state index contributed by atoms with van der Waals surface area (Å²) in [4.78, 5) is 0. The van der Waals surface area contributed by atoms with Crippen LogP contribution < -0.4 is 5.73 Å². The van der Waals surface area contributed by atoms with Crippen LogP contribution in [0.2, 0.25) is 0 Å². The van der Waals surface area contributed by atoms with Gasteiger partial charge >= 0.3 is 0 Å². The van der Waals surface area contributed by atoms with Crippen molar-refractivity contribution in [2.24, 2.45) is 5.73 Å². The molecule has 0 amide bonds. The second-order valence-electron chi connectivity index (χ2n) is 1.43. The van der Waals surface area contributed by atoms with Crippen molar-refractivity contribution < 1.29 is 5.11 Å². The molecule has 0 saturated heterocycles. The molecule has 0 rings (SSSR count). The summed E-state index contributed by atoms with van der Waals surface area (Å²) >= 11 is 0. The van der Waals surface area contributed by atoms with Gasteiger partial charge < -0.3 is 16.2 Å². The molecule has 0 bridgehead atoms. The van der Waals surface area contributed by atoms with E-state index in [0.29, 0.717) is 5.57 Å². The average Bonchev–Trinajstić information content (AvgIpc) is 1.88. The lowest BCUT2D eigenvalue weighted by Gasteiger charge is -1.89. The van der Waals surface area contributed by atoms with Crippen molar-refractivity contribution in [1.82, 2.24) is 0 Å². The normalized spacial score (nSPS) is 12.3. The second-order valence-corrected chi connectivity index (χ2v) is 1.43. The van der Waals surface area contributed by atoms with Crippen molar-refractivity contribution in [1.29, 1.82) is 5.41 Å². The van der Waals surface area contributed by atoms with Gasteiger partial charge in [0.1, 0.15) is 0 Å². The van der Waals surface area contributed by atoms with Crippen molar-refractivity contribution in [3.8, 4) is 0 Å². The van der Waals surface area contributed by atoms with Crippen LogP contribution in [0.3, 0.4) is 0 Å². The number of nitrogens with one attached hydrogen (secondary N) is 1. The molecule has 0 heterocycles. The molecular formula is C6H10N2O. The largest absolute Gasteiger partial charge is 0.405 e. The van der Waals surface area contributed by atoms with Gasteiger partial charge in [0.25, 0.3) is 0 Å². The molecule has 0 aromatic rings.